The molecule has 0 saturated carbocycles. The highest BCUT2D eigenvalue weighted by Crippen LogP contribution is 2.22. The Bertz CT molecular complexity index is 456. The van der Waals surface area contributed by atoms with Crippen LogP contribution in [0.5, 0.6) is 0 Å². The highest BCUT2D eigenvalue weighted by Gasteiger charge is 2.31. The zero-order valence-electron chi connectivity index (χ0n) is 15.4. The monoisotopic (exact) mass is 340 g/mol. The van der Waals surface area contributed by atoms with Gasteiger partial charge in [-0.05, 0) is 37.5 Å². The molecule has 138 valence electrons. The predicted octanol–water partition coefficient (Wildman–Crippen LogP) is 2.42. The molecule has 0 radical (unpaired) electrons. The van der Waals surface area contributed by atoms with Gasteiger partial charge in [-0.3, -0.25) is 9.59 Å². The largest absolute Gasteiger partial charge is 0.480 e. The van der Waals surface area contributed by atoms with Gasteiger partial charge in [0.25, 0.3) is 0 Å². The Morgan fingerprint density at radius 3 is 2.50 bits per heavy atom. The van der Waals surface area contributed by atoms with Gasteiger partial charge in [0.1, 0.15) is 6.04 Å². The van der Waals surface area contributed by atoms with Gasteiger partial charge in [0, 0.05) is 19.5 Å². The van der Waals surface area contributed by atoms with E-state index in [1.807, 2.05) is 27.7 Å². The molecule has 1 heterocycles. The molecule has 1 fully saturated rings. The lowest BCUT2D eigenvalue weighted by Crippen LogP contribution is -2.49. The SMILES string of the molecule is CCCC(=O)N1CCCC(C(=O)NC(CCC(C)(C)C)C(=O)O)C1. The number of carbonyl (C=O) groups is 3. The molecule has 0 aromatic rings. The lowest BCUT2D eigenvalue weighted by Gasteiger charge is -2.33. The number of carboxylic acids is 1. The number of rotatable bonds is 7. The number of piperidine rings is 1. The summed E-state index contributed by atoms with van der Waals surface area (Å²) in [4.78, 5) is 37.6. The van der Waals surface area contributed by atoms with Gasteiger partial charge in [-0.15, -0.1) is 0 Å². The van der Waals surface area contributed by atoms with Crippen LogP contribution in [0.25, 0.3) is 0 Å². The Morgan fingerprint density at radius 1 is 1.29 bits per heavy atom. The lowest BCUT2D eigenvalue weighted by atomic mass is 9.88. The third kappa shape index (κ3) is 6.89. The maximum Gasteiger partial charge on any atom is 0.326 e. The molecule has 0 spiro atoms. The summed E-state index contributed by atoms with van der Waals surface area (Å²) < 4.78 is 0. The maximum atomic E-state index is 12.5. The minimum absolute atomic E-state index is 0.0205. The van der Waals surface area contributed by atoms with Crippen LogP contribution in [0.3, 0.4) is 0 Å². The van der Waals surface area contributed by atoms with Gasteiger partial charge in [0.05, 0.1) is 5.92 Å². The van der Waals surface area contributed by atoms with Crippen molar-refractivity contribution in [3.05, 3.63) is 0 Å². The Hall–Kier alpha value is -1.59. The molecule has 6 heteroatoms. The van der Waals surface area contributed by atoms with E-state index >= 15 is 0 Å². The Balaban J connectivity index is 2.60. The first kappa shape index (κ1) is 20.5. The Labute approximate surface area is 145 Å². The molecule has 2 N–H and O–H groups in total. The summed E-state index contributed by atoms with van der Waals surface area (Å²) in [5.74, 6) is -1.47. The van der Waals surface area contributed by atoms with Gasteiger partial charge >= 0.3 is 5.97 Å². The first-order chi connectivity index (χ1) is 11.1. The second kappa shape index (κ2) is 9.04. The summed E-state index contributed by atoms with van der Waals surface area (Å²) in [5, 5.41) is 12.0. The van der Waals surface area contributed by atoms with E-state index in [2.05, 4.69) is 5.32 Å². The van der Waals surface area contributed by atoms with Crippen molar-refractivity contribution >= 4 is 17.8 Å². The number of hydrogen-bond acceptors (Lipinski definition) is 3. The number of likely N-dealkylation sites (tertiary alicyclic amines) is 1. The van der Waals surface area contributed by atoms with Crippen molar-refractivity contribution in [2.75, 3.05) is 13.1 Å². The second-order valence-electron chi connectivity index (χ2n) is 7.93. The summed E-state index contributed by atoms with van der Waals surface area (Å²) in [7, 11) is 0. The van der Waals surface area contributed by atoms with E-state index < -0.39 is 12.0 Å². The number of hydrogen-bond donors (Lipinski definition) is 2. The molecule has 1 rings (SSSR count). The van der Waals surface area contributed by atoms with Crippen molar-refractivity contribution in [2.45, 2.75) is 72.3 Å². The minimum atomic E-state index is -0.998. The molecule has 0 aliphatic carbocycles. The van der Waals surface area contributed by atoms with Crippen molar-refractivity contribution in [1.29, 1.82) is 0 Å². The average molecular weight is 340 g/mol. The van der Waals surface area contributed by atoms with Crippen LogP contribution in [0, 0.1) is 11.3 Å². The van der Waals surface area contributed by atoms with E-state index in [1.165, 1.54) is 0 Å². The number of nitrogens with one attached hydrogen (secondary N) is 1. The lowest BCUT2D eigenvalue weighted by molar-refractivity contribution is -0.144. The van der Waals surface area contributed by atoms with Gasteiger partial charge in [0.2, 0.25) is 11.8 Å². The van der Waals surface area contributed by atoms with Crippen molar-refractivity contribution < 1.29 is 19.5 Å². The van der Waals surface area contributed by atoms with Gasteiger partial charge in [-0.1, -0.05) is 27.7 Å². The number of nitrogens with zero attached hydrogens (tertiary/aromatic N) is 1. The van der Waals surface area contributed by atoms with E-state index in [0.717, 1.165) is 19.3 Å². The molecule has 2 unspecified atom stereocenters. The van der Waals surface area contributed by atoms with Crippen LogP contribution in [-0.4, -0.2) is 46.9 Å². The fraction of sp³-hybridized carbons (Fsp3) is 0.833. The second-order valence-corrected chi connectivity index (χ2v) is 7.93. The van der Waals surface area contributed by atoms with Crippen LogP contribution in [-0.2, 0) is 14.4 Å². The summed E-state index contributed by atoms with van der Waals surface area (Å²) in [6.45, 7) is 9.19. The molecule has 6 nitrogen and oxygen atoms in total. The fourth-order valence-corrected chi connectivity index (χ4v) is 2.91. The highest BCUT2D eigenvalue weighted by atomic mass is 16.4. The van der Waals surface area contributed by atoms with Crippen molar-refractivity contribution in [2.24, 2.45) is 11.3 Å². The van der Waals surface area contributed by atoms with E-state index in [4.69, 9.17) is 0 Å². The first-order valence-electron chi connectivity index (χ1n) is 8.95. The molecule has 2 atom stereocenters. The third-order valence-corrected chi connectivity index (χ3v) is 4.41. The number of carbonyl (C=O) groups excluding carboxylic acids is 2. The van der Waals surface area contributed by atoms with Crippen LogP contribution in [0.1, 0.15) is 66.2 Å². The van der Waals surface area contributed by atoms with E-state index in [-0.39, 0.29) is 23.1 Å². The zero-order chi connectivity index (χ0) is 18.3. The molecule has 1 aliphatic heterocycles. The van der Waals surface area contributed by atoms with Gasteiger partial charge < -0.3 is 15.3 Å². The number of carboxylic acid groups (broad SMARTS) is 1. The first-order valence-corrected chi connectivity index (χ1v) is 8.95. The number of amides is 2. The molecule has 24 heavy (non-hydrogen) atoms. The van der Waals surface area contributed by atoms with Gasteiger partial charge in [0.15, 0.2) is 0 Å². The quantitative estimate of drug-likeness (QED) is 0.745. The van der Waals surface area contributed by atoms with Crippen molar-refractivity contribution in [3.63, 3.8) is 0 Å². The Morgan fingerprint density at radius 2 is 1.96 bits per heavy atom. The highest BCUT2D eigenvalue weighted by molar-refractivity contribution is 5.86. The Kier molecular flexibility index (Phi) is 7.70. The van der Waals surface area contributed by atoms with Gasteiger partial charge in [-0.25, -0.2) is 4.79 Å². The molecule has 1 saturated heterocycles. The van der Waals surface area contributed by atoms with Crippen LogP contribution in [0.4, 0.5) is 0 Å². The van der Waals surface area contributed by atoms with Crippen LogP contribution >= 0.6 is 0 Å². The molecule has 1 aliphatic rings. The topological polar surface area (TPSA) is 86.7 Å². The third-order valence-electron chi connectivity index (χ3n) is 4.41. The molecule has 0 bridgehead atoms. The maximum absolute atomic E-state index is 12.5. The minimum Gasteiger partial charge on any atom is -0.480 e. The van der Waals surface area contributed by atoms with E-state index in [1.54, 1.807) is 4.90 Å². The molecular weight excluding hydrogens is 308 g/mol. The van der Waals surface area contributed by atoms with Crippen molar-refractivity contribution in [1.82, 2.24) is 10.2 Å². The van der Waals surface area contributed by atoms with Gasteiger partial charge in [-0.2, -0.15) is 0 Å². The number of aliphatic carboxylic acids is 1. The average Bonchev–Trinajstić information content (AvgIpc) is 2.50. The summed E-state index contributed by atoms with van der Waals surface area (Å²) in [5.41, 5.74) is 0.0205. The predicted molar refractivity (Wildman–Crippen MR) is 92.5 cm³/mol. The summed E-state index contributed by atoms with van der Waals surface area (Å²) in [6.07, 6.45) is 3.91. The molecule has 0 aromatic heterocycles. The van der Waals surface area contributed by atoms with Crippen molar-refractivity contribution in [3.8, 4) is 0 Å². The molecule has 2 amide bonds. The van der Waals surface area contributed by atoms with E-state index in [0.29, 0.717) is 32.4 Å². The molecule has 0 aromatic carbocycles. The zero-order valence-corrected chi connectivity index (χ0v) is 15.4. The fourth-order valence-electron chi connectivity index (χ4n) is 2.91. The molecular formula is C18H32N2O4. The smallest absolute Gasteiger partial charge is 0.326 e. The summed E-state index contributed by atoms with van der Waals surface area (Å²) >= 11 is 0. The van der Waals surface area contributed by atoms with Crippen LogP contribution in [0.2, 0.25) is 0 Å². The van der Waals surface area contributed by atoms with E-state index in [9.17, 15) is 19.5 Å². The normalized spacial score (nSPS) is 19.7. The van der Waals surface area contributed by atoms with Crippen LogP contribution < -0.4 is 5.32 Å². The standard InChI is InChI=1S/C18H32N2O4/c1-5-7-15(21)20-11-6-8-13(12-20)16(22)19-14(17(23)24)9-10-18(2,3)4/h13-14H,5-12H2,1-4H3,(H,19,22)(H,23,24). The van der Waals surface area contributed by atoms with Crippen LogP contribution in [0.15, 0.2) is 0 Å². The summed E-state index contributed by atoms with van der Waals surface area (Å²) in [6, 6.07) is -0.863.